The molecule has 1 N–H and O–H groups in total. The predicted molar refractivity (Wildman–Crippen MR) is 64.3 cm³/mol. The van der Waals surface area contributed by atoms with E-state index >= 15 is 0 Å². The fourth-order valence-corrected chi connectivity index (χ4v) is 2.28. The summed E-state index contributed by atoms with van der Waals surface area (Å²) in [6, 6.07) is 4.55. The molecule has 1 fully saturated rings. The fourth-order valence-electron chi connectivity index (χ4n) is 2.28. The Hall–Kier alpha value is -0.930. The van der Waals surface area contributed by atoms with Gasteiger partial charge in [-0.2, -0.15) is 0 Å². The van der Waals surface area contributed by atoms with Crippen LogP contribution in [0, 0.1) is 12.8 Å². The summed E-state index contributed by atoms with van der Waals surface area (Å²) in [7, 11) is 0. The molecule has 2 atom stereocenters. The van der Waals surface area contributed by atoms with Gasteiger partial charge in [-0.05, 0) is 37.6 Å². The van der Waals surface area contributed by atoms with Crippen molar-refractivity contribution in [1.82, 2.24) is 10.3 Å². The fraction of sp³-hybridized carbons (Fsp3) is 0.615. The van der Waals surface area contributed by atoms with E-state index in [-0.39, 0.29) is 0 Å². The largest absolute Gasteiger partial charge is 0.381 e. The molecule has 16 heavy (non-hydrogen) atoms. The lowest BCUT2D eigenvalue weighted by Crippen LogP contribution is -2.29. The van der Waals surface area contributed by atoms with Crippen LogP contribution in [0.3, 0.4) is 0 Å². The minimum Gasteiger partial charge on any atom is -0.381 e. The van der Waals surface area contributed by atoms with Gasteiger partial charge >= 0.3 is 0 Å². The van der Waals surface area contributed by atoms with Gasteiger partial charge in [0, 0.05) is 18.7 Å². The highest BCUT2D eigenvalue weighted by molar-refractivity contribution is 5.18. The van der Waals surface area contributed by atoms with Gasteiger partial charge in [-0.15, -0.1) is 0 Å². The Morgan fingerprint density at radius 2 is 2.50 bits per heavy atom. The van der Waals surface area contributed by atoms with Crippen molar-refractivity contribution in [3.63, 3.8) is 0 Å². The van der Waals surface area contributed by atoms with Crippen LogP contribution in [-0.4, -0.2) is 24.7 Å². The van der Waals surface area contributed by atoms with Gasteiger partial charge in [-0.25, -0.2) is 0 Å². The summed E-state index contributed by atoms with van der Waals surface area (Å²) in [5.41, 5.74) is 2.42. The van der Waals surface area contributed by atoms with E-state index in [9.17, 15) is 0 Å². The van der Waals surface area contributed by atoms with Gasteiger partial charge in [0.15, 0.2) is 0 Å². The van der Waals surface area contributed by atoms with Gasteiger partial charge in [0.05, 0.1) is 18.3 Å². The molecule has 2 rings (SSSR count). The van der Waals surface area contributed by atoms with Crippen molar-refractivity contribution in [2.45, 2.75) is 26.3 Å². The summed E-state index contributed by atoms with van der Waals surface area (Å²) in [6.07, 6.45) is 3.03. The highest BCUT2D eigenvalue weighted by Crippen LogP contribution is 2.27. The number of hydrogen-bond donors (Lipinski definition) is 1. The van der Waals surface area contributed by atoms with Gasteiger partial charge in [0.2, 0.25) is 0 Å². The van der Waals surface area contributed by atoms with Gasteiger partial charge in [0.1, 0.15) is 0 Å². The van der Waals surface area contributed by atoms with E-state index in [0.717, 1.165) is 31.9 Å². The number of hydrogen-bond acceptors (Lipinski definition) is 3. The number of ether oxygens (including phenoxy) is 1. The van der Waals surface area contributed by atoms with E-state index in [1.54, 1.807) is 0 Å². The Balaban J connectivity index is 2.17. The van der Waals surface area contributed by atoms with Gasteiger partial charge in [-0.3, -0.25) is 4.98 Å². The lowest BCUT2D eigenvalue weighted by Gasteiger charge is -2.22. The van der Waals surface area contributed by atoms with Crippen LogP contribution >= 0.6 is 0 Å². The number of nitrogens with one attached hydrogen (secondary N) is 1. The van der Waals surface area contributed by atoms with E-state index in [4.69, 9.17) is 4.74 Å². The highest BCUT2D eigenvalue weighted by atomic mass is 16.5. The summed E-state index contributed by atoms with van der Waals surface area (Å²) < 4.78 is 5.47. The van der Waals surface area contributed by atoms with Crippen LogP contribution < -0.4 is 5.32 Å². The number of aryl methyl sites for hydroxylation is 1. The first-order chi connectivity index (χ1) is 7.81. The Morgan fingerprint density at radius 1 is 1.62 bits per heavy atom. The molecule has 1 aromatic rings. The van der Waals surface area contributed by atoms with Crippen LogP contribution in [0.15, 0.2) is 18.3 Å². The molecule has 0 saturated carbocycles. The molecule has 3 heteroatoms. The maximum Gasteiger partial charge on any atom is 0.0579 e. The minimum atomic E-state index is 0.340. The molecular weight excluding hydrogens is 200 g/mol. The van der Waals surface area contributed by atoms with E-state index < -0.39 is 0 Å². The molecule has 0 aliphatic carbocycles. The molecule has 2 unspecified atom stereocenters. The zero-order valence-electron chi connectivity index (χ0n) is 10.1. The molecule has 0 radical (unpaired) electrons. The van der Waals surface area contributed by atoms with Gasteiger partial charge in [0.25, 0.3) is 0 Å². The third kappa shape index (κ3) is 2.60. The van der Waals surface area contributed by atoms with E-state index in [0.29, 0.717) is 12.0 Å². The average molecular weight is 220 g/mol. The minimum absolute atomic E-state index is 0.340. The maximum absolute atomic E-state index is 5.47. The number of aromatic nitrogens is 1. The molecule has 0 spiro atoms. The standard InChI is InChI=1S/C13H20N2O/c1-3-14-13(11-5-7-16-9-11)12-8-10(2)4-6-15-12/h4,6,8,11,13-14H,3,5,7,9H2,1-2H3. The summed E-state index contributed by atoms with van der Waals surface area (Å²) in [5, 5.41) is 3.53. The van der Waals surface area contributed by atoms with Crippen molar-refractivity contribution in [2.24, 2.45) is 5.92 Å². The van der Waals surface area contributed by atoms with Crippen molar-refractivity contribution in [3.05, 3.63) is 29.6 Å². The quantitative estimate of drug-likeness (QED) is 0.843. The summed E-state index contributed by atoms with van der Waals surface area (Å²) in [5.74, 6) is 0.564. The molecule has 1 aromatic heterocycles. The molecule has 1 aliphatic rings. The molecule has 0 bridgehead atoms. The molecule has 1 aliphatic heterocycles. The summed E-state index contributed by atoms with van der Waals surface area (Å²) in [6.45, 7) is 6.96. The summed E-state index contributed by atoms with van der Waals surface area (Å²) >= 11 is 0. The number of pyridine rings is 1. The molecule has 3 nitrogen and oxygen atoms in total. The SMILES string of the molecule is CCNC(c1cc(C)ccn1)C1CCOC1. The van der Waals surface area contributed by atoms with Crippen LogP contribution in [0.4, 0.5) is 0 Å². The van der Waals surface area contributed by atoms with Gasteiger partial charge < -0.3 is 10.1 Å². The third-order valence-electron chi connectivity index (χ3n) is 3.12. The first-order valence-electron chi connectivity index (χ1n) is 6.05. The van der Waals surface area contributed by atoms with Gasteiger partial charge in [-0.1, -0.05) is 6.92 Å². The Bertz CT molecular complexity index is 334. The van der Waals surface area contributed by atoms with Crippen molar-refractivity contribution in [2.75, 3.05) is 19.8 Å². The van der Waals surface area contributed by atoms with Crippen molar-refractivity contribution in [3.8, 4) is 0 Å². The monoisotopic (exact) mass is 220 g/mol. The van der Waals surface area contributed by atoms with Crippen LogP contribution in [0.2, 0.25) is 0 Å². The average Bonchev–Trinajstić information content (AvgIpc) is 2.79. The van der Waals surface area contributed by atoms with Crippen LogP contribution in [0.1, 0.15) is 30.6 Å². The molecule has 2 heterocycles. The van der Waals surface area contributed by atoms with E-state index in [2.05, 4.69) is 30.2 Å². The molecule has 0 aromatic carbocycles. The molecular formula is C13H20N2O. The molecule has 0 amide bonds. The molecule has 1 saturated heterocycles. The second kappa shape index (κ2) is 5.41. The van der Waals surface area contributed by atoms with E-state index in [1.165, 1.54) is 5.56 Å². The smallest absolute Gasteiger partial charge is 0.0579 e. The number of nitrogens with zero attached hydrogens (tertiary/aromatic N) is 1. The van der Waals surface area contributed by atoms with E-state index in [1.807, 2.05) is 12.3 Å². The second-order valence-corrected chi connectivity index (χ2v) is 4.42. The van der Waals surface area contributed by atoms with Crippen molar-refractivity contribution >= 4 is 0 Å². The summed E-state index contributed by atoms with van der Waals surface area (Å²) in [4.78, 5) is 4.49. The highest BCUT2D eigenvalue weighted by Gasteiger charge is 2.27. The topological polar surface area (TPSA) is 34.2 Å². The van der Waals surface area contributed by atoms with Crippen LogP contribution in [-0.2, 0) is 4.74 Å². The predicted octanol–water partition coefficient (Wildman–Crippen LogP) is 2.08. The first kappa shape index (κ1) is 11.6. The van der Waals surface area contributed by atoms with Crippen LogP contribution in [0.5, 0.6) is 0 Å². The first-order valence-corrected chi connectivity index (χ1v) is 6.05. The lowest BCUT2D eigenvalue weighted by atomic mass is 9.95. The third-order valence-corrected chi connectivity index (χ3v) is 3.12. The Morgan fingerprint density at radius 3 is 3.12 bits per heavy atom. The Kier molecular flexibility index (Phi) is 3.91. The number of rotatable bonds is 4. The second-order valence-electron chi connectivity index (χ2n) is 4.42. The normalized spacial score (nSPS) is 22.2. The van der Waals surface area contributed by atoms with Crippen molar-refractivity contribution < 1.29 is 4.74 Å². The van der Waals surface area contributed by atoms with Crippen LogP contribution in [0.25, 0.3) is 0 Å². The Labute approximate surface area is 97.2 Å². The van der Waals surface area contributed by atoms with Crippen molar-refractivity contribution in [1.29, 1.82) is 0 Å². The lowest BCUT2D eigenvalue weighted by molar-refractivity contribution is 0.176. The zero-order valence-corrected chi connectivity index (χ0v) is 10.1. The maximum atomic E-state index is 5.47. The zero-order chi connectivity index (χ0) is 11.4. The molecule has 88 valence electrons.